The van der Waals surface area contributed by atoms with Crippen molar-refractivity contribution in [2.24, 2.45) is 0 Å². The molecule has 0 spiro atoms. The highest BCUT2D eigenvalue weighted by Crippen LogP contribution is 2.33. The van der Waals surface area contributed by atoms with Crippen LogP contribution in [0, 0.1) is 13.8 Å². The topological polar surface area (TPSA) is 32.8 Å². The van der Waals surface area contributed by atoms with E-state index < -0.39 is 0 Å². The molecule has 1 aromatic rings. The van der Waals surface area contributed by atoms with Crippen LogP contribution in [-0.2, 0) is 9.53 Å². The number of morpholine rings is 1. The molecule has 0 saturated carbocycles. The predicted octanol–water partition coefficient (Wildman–Crippen LogP) is 2.84. The molecule has 2 aliphatic heterocycles. The Bertz CT molecular complexity index is 682. The molecule has 0 N–H and O–H groups in total. The van der Waals surface area contributed by atoms with Crippen molar-refractivity contribution in [3.63, 3.8) is 0 Å². The number of aryl methyl sites for hydroxylation is 2. The van der Waals surface area contributed by atoms with Gasteiger partial charge in [0.1, 0.15) is 4.32 Å². The average Bonchev–Trinajstić information content (AvgIpc) is 2.84. The number of nitrogens with zero attached hydrogens (tertiary/aromatic N) is 2. The van der Waals surface area contributed by atoms with Crippen molar-refractivity contribution in [1.29, 1.82) is 0 Å². The van der Waals surface area contributed by atoms with Crippen molar-refractivity contribution in [1.82, 2.24) is 9.80 Å². The third-order valence-electron chi connectivity index (χ3n) is 4.34. The van der Waals surface area contributed by atoms with Crippen LogP contribution in [0.4, 0.5) is 0 Å². The highest BCUT2D eigenvalue weighted by Gasteiger charge is 2.32. The van der Waals surface area contributed by atoms with Gasteiger partial charge in [0.05, 0.1) is 18.1 Å². The van der Waals surface area contributed by atoms with Crippen molar-refractivity contribution in [2.75, 3.05) is 39.4 Å². The number of carbonyl (C=O) groups excluding carboxylic acids is 1. The maximum atomic E-state index is 12.7. The zero-order valence-corrected chi connectivity index (χ0v) is 15.7. The van der Waals surface area contributed by atoms with Crippen molar-refractivity contribution in [3.05, 3.63) is 39.8 Å². The lowest BCUT2D eigenvalue weighted by Gasteiger charge is -2.28. The molecule has 128 valence electrons. The maximum Gasteiger partial charge on any atom is 0.266 e. The summed E-state index contributed by atoms with van der Waals surface area (Å²) in [5.41, 5.74) is 3.44. The lowest BCUT2D eigenvalue weighted by atomic mass is 10.1. The Balaban J connectivity index is 1.69. The van der Waals surface area contributed by atoms with Gasteiger partial charge in [-0.2, -0.15) is 0 Å². The Hall–Kier alpha value is -1.21. The van der Waals surface area contributed by atoms with Crippen LogP contribution in [0.1, 0.15) is 16.7 Å². The summed E-state index contributed by atoms with van der Waals surface area (Å²) in [4.78, 5) is 17.5. The van der Waals surface area contributed by atoms with Gasteiger partial charge in [-0.25, -0.2) is 0 Å². The van der Waals surface area contributed by atoms with Crippen molar-refractivity contribution in [3.8, 4) is 0 Å². The summed E-state index contributed by atoms with van der Waals surface area (Å²) in [6, 6.07) is 6.27. The first kappa shape index (κ1) is 17.6. The number of hydrogen-bond acceptors (Lipinski definition) is 5. The van der Waals surface area contributed by atoms with Crippen LogP contribution in [-0.4, -0.2) is 59.4 Å². The molecule has 1 amide bonds. The average molecular weight is 363 g/mol. The summed E-state index contributed by atoms with van der Waals surface area (Å²) in [6.07, 6.45) is 1.97. The fourth-order valence-corrected chi connectivity index (χ4v) is 4.12. The van der Waals surface area contributed by atoms with Gasteiger partial charge in [0, 0.05) is 26.2 Å². The van der Waals surface area contributed by atoms with E-state index in [0.717, 1.165) is 43.3 Å². The van der Waals surface area contributed by atoms with E-state index in [4.69, 9.17) is 17.0 Å². The molecule has 0 bridgehead atoms. The maximum absolute atomic E-state index is 12.7. The van der Waals surface area contributed by atoms with Crippen molar-refractivity contribution >= 4 is 40.3 Å². The molecular weight excluding hydrogens is 340 g/mol. The molecule has 0 atom stereocenters. The minimum atomic E-state index is 0.0270. The predicted molar refractivity (Wildman–Crippen MR) is 103 cm³/mol. The van der Waals surface area contributed by atoms with E-state index in [0.29, 0.717) is 10.9 Å². The summed E-state index contributed by atoms with van der Waals surface area (Å²) in [5, 5.41) is 0. The van der Waals surface area contributed by atoms with E-state index in [1.165, 1.54) is 22.9 Å². The van der Waals surface area contributed by atoms with Gasteiger partial charge in [0.25, 0.3) is 5.91 Å². The molecule has 0 aromatic heterocycles. The zero-order chi connectivity index (χ0) is 17.1. The van der Waals surface area contributed by atoms with Crippen molar-refractivity contribution < 1.29 is 9.53 Å². The number of carbonyl (C=O) groups is 1. The summed E-state index contributed by atoms with van der Waals surface area (Å²) < 4.78 is 6.01. The molecule has 1 aromatic carbocycles. The van der Waals surface area contributed by atoms with E-state index in [1.54, 1.807) is 4.90 Å². The van der Waals surface area contributed by atoms with Gasteiger partial charge in [-0.1, -0.05) is 47.7 Å². The van der Waals surface area contributed by atoms with E-state index in [9.17, 15) is 4.79 Å². The van der Waals surface area contributed by atoms with Crippen LogP contribution >= 0.6 is 24.0 Å². The van der Waals surface area contributed by atoms with Gasteiger partial charge >= 0.3 is 0 Å². The van der Waals surface area contributed by atoms with Gasteiger partial charge in [0.15, 0.2) is 0 Å². The number of amides is 1. The number of benzene rings is 1. The summed E-state index contributed by atoms with van der Waals surface area (Å²) in [5.74, 6) is 0.0270. The van der Waals surface area contributed by atoms with Crippen LogP contribution in [0.2, 0.25) is 0 Å². The fourth-order valence-electron chi connectivity index (χ4n) is 2.82. The second kappa shape index (κ2) is 7.78. The van der Waals surface area contributed by atoms with Crippen LogP contribution in [0.5, 0.6) is 0 Å². The second-order valence-corrected chi connectivity index (χ2v) is 7.82. The van der Waals surface area contributed by atoms with E-state index in [2.05, 4.69) is 36.9 Å². The molecule has 4 nitrogen and oxygen atoms in total. The molecule has 0 aliphatic carbocycles. The first-order valence-corrected chi connectivity index (χ1v) is 9.40. The largest absolute Gasteiger partial charge is 0.379 e. The third kappa shape index (κ3) is 4.06. The Kier molecular flexibility index (Phi) is 5.71. The molecule has 2 fully saturated rings. The molecule has 24 heavy (non-hydrogen) atoms. The minimum absolute atomic E-state index is 0.0270. The first-order valence-electron chi connectivity index (χ1n) is 8.17. The molecule has 0 radical (unpaired) electrons. The molecule has 0 unspecified atom stereocenters. The summed E-state index contributed by atoms with van der Waals surface area (Å²) in [7, 11) is 0. The van der Waals surface area contributed by atoms with E-state index in [-0.39, 0.29) is 5.91 Å². The van der Waals surface area contributed by atoms with Gasteiger partial charge in [0.2, 0.25) is 0 Å². The van der Waals surface area contributed by atoms with Gasteiger partial charge in [-0.15, -0.1) is 0 Å². The Labute approximate surface area is 152 Å². The second-order valence-electron chi connectivity index (χ2n) is 6.15. The van der Waals surface area contributed by atoms with Gasteiger partial charge < -0.3 is 4.74 Å². The molecular formula is C18H22N2O2S2. The lowest BCUT2D eigenvalue weighted by Crippen LogP contribution is -2.42. The Morgan fingerprint density at radius 3 is 2.75 bits per heavy atom. The van der Waals surface area contributed by atoms with Crippen LogP contribution in [0.25, 0.3) is 6.08 Å². The molecule has 2 aliphatic rings. The minimum Gasteiger partial charge on any atom is -0.379 e. The smallest absolute Gasteiger partial charge is 0.266 e. The van der Waals surface area contributed by atoms with Crippen molar-refractivity contribution in [2.45, 2.75) is 13.8 Å². The SMILES string of the molecule is Cc1ccc(C)c(C=C2SC(=S)N(CCN3CCOCC3)C2=O)c1. The van der Waals surface area contributed by atoms with Crippen LogP contribution in [0.15, 0.2) is 23.1 Å². The Morgan fingerprint density at radius 2 is 2.00 bits per heavy atom. The van der Waals surface area contributed by atoms with Gasteiger partial charge in [-0.3, -0.25) is 14.6 Å². The normalized spacial score (nSPS) is 21.1. The Morgan fingerprint density at radius 1 is 1.25 bits per heavy atom. The van der Waals surface area contributed by atoms with Crippen LogP contribution in [0.3, 0.4) is 0 Å². The lowest BCUT2D eigenvalue weighted by molar-refractivity contribution is -0.122. The van der Waals surface area contributed by atoms with Crippen LogP contribution < -0.4 is 0 Å². The number of thiocarbonyl (C=S) groups is 1. The van der Waals surface area contributed by atoms with Gasteiger partial charge in [-0.05, 0) is 31.1 Å². The summed E-state index contributed by atoms with van der Waals surface area (Å²) >= 11 is 6.82. The van der Waals surface area contributed by atoms with E-state index in [1.807, 2.05) is 6.08 Å². The molecule has 6 heteroatoms. The summed E-state index contributed by atoms with van der Waals surface area (Å²) in [6.45, 7) is 8.99. The number of hydrogen-bond donors (Lipinski definition) is 0. The zero-order valence-electron chi connectivity index (χ0n) is 14.1. The third-order valence-corrected chi connectivity index (χ3v) is 5.72. The number of ether oxygens (including phenoxy) is 1. The molecule has 3 rings (SSSR count). The van der Waals surface area contributed by atoms with E-state index >= 15 is 0 Å². The highest BCUT2D eigenvalue weighted by atomic mass is 32.2. The molecule has 2 saturated heterocycles. The number of thioether (sulfide) groups is 1. The monoisotopic (exact) mass is 362 g/mol. The fraction of sp³-hybridized carbons (Fsp3) is 0.444. The standard InChI is InChI=1S/C18H22N2O2S2/c1-13-3-4-14(2)15(11-13)12-16-17(21)20(18(23)24-16)6-5-19-7-9-22-10-8-19/h3-4,11-12H,5-10H2,1-2H3. The quantitative estimate of drug-likeness (QED) is 0.608. The number of rotatable bonds is 4. The first-order chi connectivity index (χ1) is 11.5. The molecule has 2 heterocycles. The highest BCUT2D eigenvalue weighted by molar-refractivity contribution is 8.26.